The van der Waals surface area contributed by atoms with Gasteiger partial charge in [0.25, 0.3) is 5.95 Å². The lowest BCUT2D eigenvalue weighted by atomic mass is 10.3. The Morgan fingerprint density at radius 1 is 1.30 bits per heavy atom. The summed E-state index contributed by atoms with van der Waals surface area (Å²) in [5.41, 5.74) is 0. The number of nitrogens with zero attached hydrogens (tertiary/aromatic N) is 5. The first-order valence-corrected chi connectivity index (χ1v) is 7.72. The quantitative estimate of drug-likeness (QED) is 0.803. The molecule has 0 saturated heterocycles. The highest BCUT2D eigenvalue weighted by Gasteiger charge is 2.07. The van der Waals surface area contributed by atoms with Crippen LogP contribution in [0.2, 0.25) is 0 Å². The van der Waals surface area contributed by atoms with Crippen molar-refractivity contribution < 1.29 is 0 Å². The molecule has 0 aliphatic heterocycles. The molecular weight excluding hydrogens is 274 g/mol. The van der Waals surface area contributed by atoms with E-state index >= 15 is 0 Å². The molecule has 0 aliphatic carbocycles. The highest BCUT2D eigenvalue weighted by atomic mass is 32.2. The van der Waals surface area contributed by atoms with Gasteiger partial charge in [0.15, 0.2) is 0 Å². The average Bonchev–Trinajstić information content (AvgIpc) is 3.01. The highest BCUT2D eigenvalue weighted by molar-refractivity contribution is 7.99. The molecule has 0 amide bonds. The number of hydrogen-bond donors (Lipinski definition) is 2. The summed E-state index contributed by atoms with van der Waals surface area (Å²) in [6, 6.07) is 1.83. The Balaban J connectivity index is 2.10. The van der Waals surface area contributed by atoms with Gasteiger partial charge < -0.3 is 10.6 Å². The number of aromatic nitrogens is 5. The zero-order valence-corrected chi connectivity index (χ0v) is 12.7. The van der Waals surface area contributed by atoms with Crippen LogP contribution in [0.25, 0.3) is 5.95 Å². The number of anilines is 2. The fraction of sp³-hybridized carbons (Fsp3) is 0.500. The molecule has 2 aromatic rings. The second-order valence-corrected chi connectivity index (χ2v) is 5.52. The zero-order chi connectivity index (χ0) is 14.4. The fourth-order valence-electron chi connectivity index (χ4n) is 1.55. The molecule has 2 N–H and O–H groups in total. The van der Waals surface area contributed by atoms with Crippen molar-refractivity contribution >= 4 is 23.7 Å². The lowest BCUT2D eigenvalue weighted by Gasteiger charge is -2.10. The maximum atomic E-state index is 4.37. The number of rotatable bonds is 7. The molecule has 2 heterocycles. The van der Waals surface area contributed by atoms with Gasteiger partial charge in [-0.2, -0.15) is 31.8 Å². The van der Waals surface area contributed by atoms with E-state index in [4.69, 9.17) is 0 Å². The summed E-state index contributed by atoms with van der Waals surface area (Å²) in [5, 5.41) is 10.9. The monoisotopic (exact) mass is 293 g/mol. The Morgan fingerprint density at radius 2 is 2.10 bits per heavy atom. The summed E-state index contributed by atoms with van der Waals surface area (Å²) in [6.07, 6.45) is 6.66. The topological polar surface area (TPSA) is 80.5 Å². The minimum Gasteiger partial charge on any atom is -0.357 e. The molecule has 1 atom stereocenters. The van der Waals surface area contributed by atoms with Crippen molar-refractivity contribution in [3.8, 4) is 5.95 Å². The molecule has 1 unspecified atom stereocenters. The fourth-order valence-corrected chi connectivity index (χ4v) is 1.90. The van der Waals surface area contributed by atoms with Gasteiger partial charge in [0.2, 0.25) is 11.9 Å². The first-order valence-electron chi connectivity index (χ1n) is 6.43. The summed E-state index contributed by atoms with van der Waals surface area (Å²) < 4.78 is 1.61. The van der Waals surface area contributed by atoms with Crippen molar-refractivity contribution in [1.29, 1.82) is 0 Å². The predicted octanol–water partition coefficient (Wildman–Crippen LogP) is 1.65. The third-order valence-corrected chi connectivity index (χ3v) is 3.83. The molecule has 108 valence electrons. The minimum atomic E-state index is 0.495. The lowest BCUT2D eigenvalue weighted by Crippen LogP contribution is -2.14. The molecule has 20 heavy (non-hydrogen) atoms. The standard InChI is InChI=1S/C12H19N7S/c1-9(20-3)5-7-14-11-16-10(13-2)17-12(18-11)19-8-4-6-15-19/h4,6,8-9H,5,7H2,1-3H3,(H2,13,14,16,17,18). The normalized spacial score (nSPS) is 12.2. The second kappa shape index (κ2) is 7.09. The smallest absolute Gasteiger partial charge is 0.257 e. The Labute approximate surface area is 122 Å². The Kier molecular flexibility index (Phi) is 5.16. The molecule has 0 spiro atoms. The minimum absolute atomic E-state index is 0.495. The van der Waals surface area contributed by atoms with Gasteiger partial charge in [-0.15, -0.1) is 0 Å². The van der Waals surface area contributed by atoms with E-state index in [-0.39, 0.29) is 0 Å². The van der Waals surface area contributed by atoms with E-state index < -0.39 is 0 Å². The first-order chi connectivity index (χ1) is 9.72. The lowest BCUT2D eigenvalue weighted by molar-refractivity contribution is 0.790. The van der Waals surface area contributed by atoms with Gasteiger partial charge in [-0.3, -0.25) is 0 Å². The van der Waals surface area contributed by atoms with E-state index in [9.17, 15) is 0 Å². The highest BCUT2D eigenvalue weighted by Crippen LogP contribution is 2.11. The number of hydrogen-bond acceptors (Lipinski definition) is 7. The van der Waals surface area contributed by atoms with Crippen LogP contribution in [0.15, 0.2) is 18.5 Å². The van der Waals surface area contributed by atoms with Crippen molar-refractivity contribution in [3.05, 3.63) is 18.5 Å². The number of nitrogens with one attached hydrogen (secondary N) is 2. The summed E-state index contributed by atoms with van der Waals surface area (Å²) in [5.74, 6) is 1.57. The van der Waals surface area contributed by atoms with Crippen LogP contribution in [0, 0.1) is 0 Å². The molecule has 0 aliphatic rings. The SMILES string of the molecule is CNc1nc(NCCC(C)SC)nc(-n2cccn2)n1. The maximum Gasteiger partial charge on any atom is 0.257 e. The van der Waals surface area contributed by atoms with Gasteiger partial charge in [-0.05, 0) is 18.7 Å². The van der Waals surface area contributed by atoms with Crippen LogP contribution in [0.3, 0.4) is 0 Å². The van der Waals surface area contributed by atoms with Crippen molar-refractivity contribution in [2.45, 2.75) is 18.6 Å². The summed E-state index contributed by atoms with van der Waals surface area (Å²) in [6.45, 7) is 3.03. The van der Waals surface area contributed by atoms with E-state index in [1.807, 2.05) is 17.8 Å². The largest absolute Gasteiger partial charge is 0.357 e. The molecule has 7 nitrogen and oxygen atoms in total. The predicted molar refractivity (Wildman–Crippen MR) is 82.6 cm³/mol. The van der Waals surface area contributed by atoms with Gasteiger partial charge in [-0.25, -0.2) is 4.68 Å². The van der Waals surface area contributed by atoms with Crippen LogP contribution in [0.1, 0.15) is 13.3 Å². The van der Waals surface area contributed by atoms with E-state index in [0.29, 0.717) is 23.1 Å². The van der Waals surface area contributed by atoms with Gasteiger partial charge >= 0.3 is 0 Å². The third kappa shape index (κ3) is 3.83. The third-order valence-electron chi connectivity index (χ3n) is 2.79. The van der Waals surface area contributed by atoms with Crippen LogP contribution < -0.4 is 10.6 Å². The average molecular weight is 293 g/mol. The first kappa shape index (κ1) is 14.6. The van der Waals surface area contributed by atoms with Crippen molar-refractivity contribution in [3.63, 3.8) is 0 Å². The Hall–Kier alpha value is -1.83. The summed E-state index contributed by atoms with van der Waals surface area (Å²) >= 11 is 1.85. The van der Waals surface area contributed by atoms with Crippen LogP contribution in [0.4, 0.5) is 11.9 Å². The van der Waals surface area contributed by atoms with Crippen molar-refractivity contribution in [2.75, 3.05) is 30.5 Å². The van der Waals surface area contributed by atoms with Crippen LogP contribution in [-0.2, 0) is 0 Å². The maximum absolute atomic E-state index is 4.37. The van der Waals surface area contributed by atoms with Gasteiger partial charge in [0.05, 0.1) is 0 Å². The molecule has 0 fully saturated rings. The molecule has 0 saturated carbocycles. The van der Waals surface area contributed by atoms with E-state index in [1.165, 1.54) is 0 Å². The second-order valence-electron chi connectivity index (χ2n) is 4.25. The van der Waals surface area contributed by atoms with Gasteiger partial charge in [0.1, 0.15) is 0 Å². The van der Waals surface area contributed by atoms with Crippen molar-refractivity contribution in [1.82, 2.24) is 24.7 Å². The zero-order valence-electron chi connectivity index (χ0n) is 11.9. The van der Waals surface area contributed by atoms with Crippen LogP contribution in [0.5, 0.6) is 0 Å². The van der Waals surface area contributed by atoms with E-state index in [0.717, 1.165) is 13.0 Å². The Bertz CT molecular complexity index is 529. The molecule has 8 heteroatoms. The molecule has 0 bridgehead atoms. The molecule has 0 aromatic carbocycles. The van der Waals surface area contributed by atoms with Crippen LogP contribution >= 0.6 is 11.8 Å². The molecular formula is C12H19N7S. The summed E-state index contributed by atoms with van der Waals surface area (Å²) in [7, 11) is 1.78. The summed E-state index contributed by atoms with van der Waals surface area (Å²) in [4.78, 5) is 12.9. The van der Waals surface area contributed by atoms with Crippen molar-refractivity contribution in [2.24, 2.45) is 0 Å². The molecule has 2 aromatic heterocycles. The van der Waals surface area contributed by atoms with E-state index in [1.54, 1.807) is 24.1 Å². The van der Waals surface area contributed by atoms with Crippen LogP contribution in [-0.4, -0.2) is 49.8 Å². The number of thioether (sulfide) groups is 1. The molecule has 0 radical (unpaired) electrons. The molecule has 2 rings (SSSR count). The van der Waals surface area contributed by atoms with E-state index in [2.05, 4.69) is 43.9 Å². The van der Waals surface area contributed by atoms with Gasteiger partial charge in [-0.1, -0.05) is 6.92 Å². The van der Waals surface area contributed by atoms with Gasteiger partial charge in [0, 0.05) is 31.2 Å². The Morgan fingerprint density at radius 3 is 2.75 bits per heavy atom.